The second kappa shape index (κ2) is 10.4. The first-order valence-corrected chi connectivity index (χ1v) is 12.3. The number of nitrogens with one attached hydrogen (secondary N) is 1. The molecule has 9 heteroatoms. The molecule has 1 fully saturated rings. The van der Waals surface area contributed by atoms with Gasteiger partial charge in [-0.2, -0.15) is 0 Å². The number of hydrogen-bond donors (Lipinski definition) is 1. The predicted octanol–water partition coefficient (Wildman–Crippen LogP) is 4.62. The summed E-state index contributed by atoms with van der Waals surface area (Å²) in [5.41, 5.74) is 2.55. The summed E-state index contributed by atoms with van der Waals surface area (Å²) < 4.78 is 7.17. The number of nitrogens with zero attached hydrogens (tertiary/aromatic N) is 3. The molecule has 0 atom stereocenters. The Hall–Kier alpha value is -3.17. The molecule has 0 bridgehead atoms. The molecule has 4 rings (SSSR count). The maximum absolute atomic E-state index is 13.4. The molecule has 1 amide bonds. The van der Waals surface area contributed by atoms with Gasteiger partial charge in [-0.25, -0.2) is 4.98 Å². The van der Waals surface area contributed by atoms with Gasteiger partial charge in [0.25, 0.3) is 11.5 Å². The molecule has 0 saturated carbocycles. The molecule has 3 aromatic rings. The van der Waals surface area contributed by atoms with Gasteiger partial charge < -0.3 is 10.1 Å². The van der Waals surface area contributed by atoms with E-state index >= 15 is 0 Å². The number of fused-ring (bicyclic) bond motifs is 1. The zero-order chi connectivity index (χ0) is 24.2. The van der Waals surface area contributed by atoms with Crippen LogP contribution in [0.5, 0.6) is 5.75 Å². The first kappa shape index (κ1) is 24.0. The number of aryl methyl sites for hydroxylation is 1. The van der Waals surface area contributed by atoms with Gasteiger partial charge in [-0.1, -0.05) is 55.5 Å². The van der Waals surface area contributed by atoms with Crippen LogP contribution in [0.4, 0.5) is 5.82 Å². The number of ether oxygens (including phenoxy) is 1. The number of aromatic nitrogens is 2. The zero-order valence-electron chi connectivity index (χ0n) is 19.3. The van der Waals surface area contributed by atoms with Crippen LogP contribution >= 0.6 is 24.0 Å². The maximum atomic E-state index is 13.4. The van der Waals surface area contributed by atoms with Crippen molar-refractivity contribution in [3.63, 3.8) is 0 Å². The highest BCUT2D eigenvalue weighted by molar-refractivity contribution is 8.26. The fraction of sp³-hybridized carbons (Fsp3) is 0.280. The highest BCUT2D eigenvalue weighted by Crippen LogP contribution is 2.34. The standard InChI is InChI=1S/C25H26N4O3S2/c1-4-5-12-26-21-19(23(30)28-13-6-7-16(2)22(28)27-21)14-20-24(31)29(25(33)34-20)15-17-8-10-18(32-3)11-9-17/h6-11,13-14,26H,4-5,12,15H2,1-3H3/b20-14+. The van der Waals surface area contributed by atoms with Crippen molar-refractivity contribution in [2.45, 2.75) is 33.2 Å². The summed E-state index contributed by atoms with van der Waals surface area (Å²) in [6.45, 7) is 5.05. The average Bonchev–Trinajstić information content (AvgIpc) is 3.10. The molecule has 34 heavy (non-hydrogen) atoms. The van der Waals surface area contributed by atoms with Gasteiger partial charge in [0, 0.05) is 12.7 Å². The van der Waals surface area contributed by atoms with Crippen LogP contribution in [0, 0.1) is 6.92 Å². The minimum absolute atomic E-state index is 0.223. The van der Waals surface area contributed by atoms with Crippen molar-refractivity contribution in [2.75, 3.05) is 19.0 Å². The average molecular weight is 495 g/mol. The van der Waals surface area contributed by atoms with Crippen LogP contribution in [-0.2, 0) is 11.3 Å². The molecular formula is C25H26N4O3S2. The van der Waals surface area contributed by atoms with Crippen molar-refractivity contribution in [1.82, 2.24) is 14.3 Å². The van der Waals surface area contributed by atoms with Crippen LogP contribution in [0.2, 0.25) is 0 Å². The van der Waals surface area contributed by atoms with E-state index < -0.39 is 0 Å². The molecule has 1 aliphatic rings. The van der Waals surface area contributed by atoms with Gasteiger partial charge in [-0.05, 0) is 48.7 Å². The molecule has 2 aromatic heterocycles. The Kier molecular flexibility index (Phi) is 7.33. The number of pyridine rings is 1. The molecule has 176 valence electrons. The van der Waals surface area contributed by atoms with Gasteiger partial charge >= 0.3 is 0 Å². The van der Waals surface area contributed by atoms with Gasteiger partial charge in [0.1, 0.15) is 21.5 Å². The summed E-state index contributed by atoms with van der Waals surface area (Å²) in [5.74, 6) is 1.00. The summed E-state index contributed by atoms with van der Waals surface area (Å²) in [6.07, 6.45) is 5.27. The highest BCUT2D eigenvalue weighted by Gasteiger charge is 2.32. The number of hydrogen-bond acceptors (Lipinski definition) is 7. The molecule has 0 aliphatic carbocycles. The number of unbranched alkanes of at least 4 members (excludes halogenated alkanes) is 1. The number of amides is 1. The minimum Gasteiger partial charge on any atom is -0.497 e. The summed E-state index contributed by atoms with van der Waals surface area (Å²) in [6, 6.07) is 11.2. The van der Waals surface area contributed by atoms with Crippen LogP contribution in [0.15, 0.2) is 52.3 Å². The SMILES string of the molecule is CCCCNc1nc2c(C)cccn2c(=O)c1/C=C1/SC(=S)N(Cc2ccc(OC)cc2)C1=O. The molecule has 7 nitrogen and oxygen atoms in total. The van der Waals surface area contributed by atoms with Crippen LogP contribution < -0.4 is 15.6 Å². The van der Waals surface area contributed by atoms with Gasteiger partial charge in [-0.15, -0.1) is 0 Å². The molecule has 1 aliphatic heterocycles. The zero-order valence-corrected chi connectivity index (χ0v) is 21.0. The first-order valence-electron chi connectivity index (χ1n) is 11.1. The molecule has 0 spiro atoms. The van der Waals surface area contributed by atoms with Gasteiger partial charge in [-0.3, -0.25) is 18.9 Å². The van der Waals surface area contributed by atoms with E-state index in [1.54, 1.807) is 24.3 Å². The Balaban J connectivity index is 1.70. The van der Waals surface area contributed by atoms with E-state index in [4.69, 9.17) is 21.9 Å². The summed E-state index contributed by atoms with van der Waals surface area (Å²) in [5, 5.41) is 3.29. The molecule has 0 radical (unpaired) electrons. The van der Waals surface area contributed by atoms with Gasteiger partial charge in [0.15, 0.2) is 0 Å². The topological polar surface area (TPSA) is 75.9 Å². The van der Waals surface area contributed by atoms with Crippen molar-refractivity contribution in [1.29, 1.82) is 0 Å². The largest absolute Gasteiger partial charge is 0.497 e. The van der Waals surface area contributed by atoms with E-state index in [1.807, 2.05) is 43.3 Å². The third kappa shape index (κ3) is 4.85. The monoisotopic (exact) mass is 494 g/mol. The normalized spacial score (nSPS) is 14.9. The second-order valence-corrected chi connectivity index (χ2v) is 9.64. The lowest BCUT2D eigenvalue weighted by Crippen LogP contribution is -2.27. The quantitative estimate of drug-likeness (QED) is 0.278. The number of methoxy groups -OCH3 is 1. The van der Waals surface area contributed by atoms with E-state index in [-0.39, 0.29) is 11.5 Å². The summed E-state index contributed by atoms with van der Waals surface area (Å²) in [4.78, 5) is 33.3. The molecule has 3 heterocycles. The number of thiocarbonyl (C=S) groups is 1. The molecule has 1 saturated heterocycles. The number of carbonyl (C=O) groups excluding carboxylic acids is 1. The van der Waals surface area contributed by atoms with Crippen LogP contribution in [-0.4, -0.2) is 38.2 Å². The number of rotatable bonds is 8. The Morgan fingerprint density at radius 3 is 2.68 bits per heavy atom. The van der Waals surface area contributed by atoms with Crippen molar-refractivity contribution < 1.29 is 9.53 Å². The minimum atomic E-state index is -0.229. The van der Waals surface area contributed by atoms with Crippen molar-refractivity contribution >= 4 is 51.7 Å². The third-order valence-electron chi connectivity index (χ3n) is 5.56. The molecule has 1 N–H and O–H groups in total. The summed E-state index contributed by atoms with van der Waals surface area (Å²) in [7, 11) is 1.61. The van der Waals surface area contributed by atoms with E-state index in [0.29, 0.717) is 39.3 Å². The number of benzene rings is 1. The van der Waals surface area contributed by atoms with Crippen LogP contribution in [0.3, 0.4) is 0 Å². The second-order valence-electron chi connectivity index (χ2n) is 7.96. The number of thioether (sulfide) groups is 1. The number of carbonyl (C=O) groups is 1. The Bertz CT molecular complexity index is 1330. The van der Waals surface area contributed by atoms with E-state index in [0.717, 1.165) is 29.7 Å². The Labute approximate surface area is 207 Å². The fourth-order valence-corrected chi connectivity index (χ4v) is 4.88. The highest BCUT2D eigenvalue weighted by atomic mass is 32.2. The fourth-order valence-electron chi connectivity index (χ4n) is 3.64. The Morgan fingerprint density at radius 1 is 1.21 bits per heavy atom. The number of anilines is 1. The van der Waals surface area contributed by atoms with Crippen molar-refractivity contribution in [3.8, 4) is 5.75 Å². The van der Waals surface area contributed by atoms with E-state index in [1.165, 1.54) is 16.2 Å². The smallest absolute Gasteiger partial charge is 0.267 e. The lowest BCUT2D eigenvalue weighted by molar-refractivity contribution is -0.122. The van der Waals surface area contributed by atoms with E-state index in [2.05, 4.69) is 12.2 Å². The lowest BCUT2D eigenvalue weighted by Gasteiger charge is -2.15. The molecule has 1 aromatic carbocycles. The third-order valence-corrected chi connectivity index (χ3v) is 6.93. The van der Waals surface area contributed by atoms with Gasteiger partial charge in [0.2, 0.25) is 0 Å². The molecule has 0 unspecified atom stereocenters. The predicted molar refractivity (Wildman–Crippen MR) is 141 cm³/mol. The van der Waals surface area contributed by atoms with Crippen LogP contribution in [0.25, 0.3) is 11.7 Å². The van der Waals surface area contributed by atoms with Gasteiger partial charge in [0.05, 0.1) is 24.1 Å². The first-order chi connectivity index (χ1) is 16.4. The van der Waals surface area contributed by atoms with Crippen molar-refractivity contribution in [2.24, 2.45) is 0 Å². The van der Waals surface area contributed by atoms with E-state index in [9.17, 15) is 9.59 Å². The Morgan fingerprint density at radius 2 is 1.97 bits per heavy atom. The van der Waals surface area contributed by atoms with Crippen molar-refractivity contribution in [3.05, 3.63) is 74.5 Å². The molecular weight excluding hydrogens is 468 g/mol. The summed E-state index contributed by atoms with van der Waals surface area (Å²) >= 11 is 6.69. The van der Waals surface area contributed by atoms with Crippen LogP contribution in [0.1, 0.15) is 36.5 Å². The maximum Gasteiger partial charge on any atom is 0.267 e. The lowest BCUT2D eigenvalue weighted by atomic mass is 10.2.